The lowest BCUT2D eigenvalue weighted by Gasteiger charge is -2.46. The normalized spacial score (nSPS) is 23.6. The fraction of sp³-hybridized carbons (Fsp3) is 0.327. The molecule has 0 aromatic heterocycles. The molecule has 4 heterocycles. The molecule has 69 heavy (non-hydrogen) atoms. The first-order chi connectivity index (χ1) is 33.6. The van der Waals surface area contributed by atoms with E-state index in [1.807, 2.05) is 109 Å². The smallest absolute Gasteiger partial charge is 0.329 e. The fourth-order valence-electron chi connectivity index (χ4n) is 10.9. The number of nitrogens with one attached hydrogen (secondary N) is 2. The van der Waals surface area contributed by atoms with Crippen LogP contribution in [0.15, 0.2) is 133 Å². The molecule has 5 aromatic carbocycles. The molecular formula is C55H56N6O8. The molecule has 0 unspecified atom stereocenters. The van der Waals surface area contributed by atoms with Crippen molar-refractivity contribution in [2.24, 2.45) is 11.7 Å². The third-order valence-corrected chi connectivity index (χ3v) is 13.9. The average Bonchev–Trinajstić information content (AvgIpc) is 3.81. The van der Waals surface area contributed by atoms with E-state index in [-0.39, 0.29) is 25.4 Å². The number of benzene rings is 5. The zero-order chi connectivity index (χ0) is 48.1. The number of cyclic esters (lactones) is 1. The zero-order valence-corrected chi connectivity index (χ0v) is 38.5. The van der Waals surface area contributed by atoms with Gasteiger partial charge in [-0.05, 0) is 77.9 Å². The minimum Gasteiger partial charge on any atom is -0.491 e. The Bertz CT molecular complexity index is 2760. The number of fused-ring (bicyclic) bond motifs is 3. The Balaban J connectivity index is 1.35. The maximum absolute atomic E-state index is 16.8. The molecule has 1 spiro atoms. The number of urea groups is 2. The molecule has 6 amide bonds. The summed E-state index contributed by atoms with van der Waals surface area (Å²) >= 11 is 0. The highest BCUT2D eigenvalue weighted by Crippen LogP contribution is 2.66. The van der Waals surface area contributed by atoms with E-state index >= 15 is 19.2 Å². The lowest BCUT2D eigenvalue weighted by atomic mass is 9.64. The Morgan fingerprint density at radius 1 is 0.812 bits per heavy atom. The number of nitrogens with two attached hydrogens (primary N) is 1. The number of anilines is 1. The Labute approximate surface area is 401 Å². The lowest BCUT2D eigenvalue weighted by Crippen LogP contribution is -2.57. The topological polar surface area (TPSA) is 184 Å². The van der Waals surface area contributed by atoms with Gasteiger partial charge in [0.2, 0.25) is 11.8 Å². The van der Waals surface area contributed by atoms with Gasteiger partial charge in [0.25, 0.3) is 0 Å². The number of likely N-dealkylation sites (tertiary alicyclic amines) is 1. The molecule has 5 aromatic rings. The number of hydrogen-bond acceptors (Lipinski definition) is 9. The standard InChI is InChI=1S/C55H56N6O8/c1-36(38-19-8-5-9-20-38)58-54(67)60-44-28-27-37(18-17-29-57-53(56)66)34-43(44)55(52(60)65)45(50(63)59-30-14-3-2-4-15-31-59)47-51(64)69-48(40-23-12-7-13-24-40)46(39-21-10-6-11-22-39)61(47)49(55)41-25-16-26-42(35-41)68-33-32-62/h5-13,16,19-28,34-36,45-49,62H,2-4,14-15,29-33H2,1H3,(H,58,67)(H3,56,57,66)/t36-,45+,46+,47+,48-,49-,55+/m1/s1. The van der Waals surface area contributed by atoms with Crippen molar-refractivity contribution in [2.75, 3.05) is 37.7 Å². The van der Waals surface area contributed by atoms with Gasteiger partial charge in [0, 0.05) is 18.7 Å². The molecule has 0 aliphatic carbocycles. The molecule has 3 fully saturated rings. The molecular weight excluding hydrogens is 873 g/mol. The minimum absolute atomic E-state index is 0.0152. The van der Waals surface area contributed by atoms with Crippen LogP contribution in [0.25, 0.3) is 0 Å². The van der Waals surface area contributed by atoms with Crippen molar-refractivity contribution in [3.8, 4) is 17.6 Å². The Morgan fingerprint density at radius 3 is 2.14 bits per heavy atom. The van der Waals surface area contributed by atoms with Gasteiger partial charge in [0.15, 0.2) is 0 Å². The second-order valence-corrected chi connectivity index (χ2v) is 18.0. The van der Waals surface area contributed by atoms with E-state index in [0.29, 0.717) is 41.1 Å². The first-order valence-electron chi connectivity index (χ1n) is 23.7. The van der Waals surface area contributed by atoms with E-state index < -0.39 is 71.5 Å². The highest BCUT2D eigenvalue weighted by molar-refractivity contribution is 6.24. The monoisotopic (exact) mass is 928 g/mol. The molecule has 5 N–H and O–H groups in total. The number of carbonyl (C=O) groups excluding carboxylic acids is 5. The summed E-state index contributed by atoms with van der Waals surface area (Å²) in [4.78, 5) is 80.3. The molecule has 14 heteroatoms. The lowest BCUT2D eigenvalue weighted by molar-refractivity contribution is -0.179. The van der Waals surface area contributed by atoms with Crippen LogP contribution in [-0.4, -0.2) is 83.6 Å². The summed E-state index contributed by atoms with van der Waals surface area (Å²) in [7, 11) is 0. The number of nitrogens with zero attached hydrogens (tertiary/aromatic N) is 3. The number of ether oxygens (including phenoxy) is 2. The molecule has 9 rings (SSSR count). The first kappa shape index (κ1) is 46.6. The summed E-state index contributed by atoms with van der Waals surface area (Å²) in [5, 5.41) is 15.4. The van der Waals surface area contributed by atoms with Crippen molar-refractivity contribution in [1.29, 1.82) is 0 Å². The van der Waals surface area contributed by atoms with Crippen LogP contribution in [-0.2, 0) is 24.5 Å². The molecule has 4 aliphatic heterocycles. The maximum Gasteiger partial charge on any atom is 0.329 e. The molecule has 354 valence electrons. The van der Waals surface area contributed by atoms with Crippen LogP contribution in [0.2, 0.25) is 0 Å². The van der Waals surface area contributed by atoms with Crippen LogP contribution in [0.1, 0.15) is 96.6 Å². The third kappa shape index (κ3) is 8.91. The minimum atomic E-state index is -2.00. The van der Waals surface area contributed by atoms with Gasteiger partial charge in [-0.1, -0.05) is 134 Å². The van der Waals surface area contributed by atoms with E-state index in [1.54, 1.807) is 41.3 Å². The molecule has 7 atom stereocenters. The van der Waals surface area contributed by atoms with E-state index in [0.717, 1.165) is 48.1 Å². The van der Waals surface area contributed by atoms with E-state index in [4.69, 9.17) is 15.2 Å². The van der Waals surface area contributed by atoms with Gasteiger partial charge < -0.3 is 35.8 Å². The fourth-order valence-corrected chi connectivity index (χ4v) is 10.9. The van der Waals surface area contributed by atoms with Gasteiger partial charge in [-0.3, -0.25) is 19.3 Å². The van der Waals surface area contributed by atoms with Gasteiger partial charge in [-0.2, -0.15) is 0 Å². The second kappa shape index (κ2) is 20.4. The molecule has 0 saturated carbocycles. The summed E-state index contributed by atoms with van der Waals surface area (Å²) < 4.78 is 12.7. The van der Waals surface area contributed by atoms with Crippen LogP contribution in [0, 0.1) is 17.8 Å². The summed E-state index contributed by atoms with van der Waals surface area (Å²) in [6.45, 7) is 2.32. The van der Waals surface area contributed by atoms with E-state index in [1.165, 1.54) is 0 Å². The number of aliphatic hydroxyl groups excluding tert-OH is 1. The number of hydrogen-bond donors (Lipinski definition) is 4. The van der Waals surface area contributed by atoms with Gasteiger partial charge in [-0.15, -0.1) is 0 Å². The van der Waals surface area contributed by atoms with Crippen molar-refractivity contribution < 1.29 is 38.6 Å². The number of primary amides is 1. The van der Waals surface area contributed by atoms with E-state index in [2.05, 4.69) is 22.5 Å². The number of morpholine rings is 1. The number of imide groups is 1. The van der Waals surface area contributed by atoms with Gasteiger partial charge in [0.05, 0.1) is 42.9 Å². The van der Waals surface area contributed by atoms with Crippen LogP contribution in [0.3, 0.4) is 0 Å². The summed E-state index contributed by atoms with van der Waals surface area (Å²) in [5.74, 6) is 3.21. The molecule has 0 bridgehead atoms. The second-order valence-electron chi connectivity index (χ2n) is 18.0. The van der Waals surface area contributed by atoms with Crippen molar-refractivity contribution in [2.45, 2.75) is 74.7 Å². The Hall–Kier alpha value is -7.47. The molecule has 0 radical (unpaired) electrons. The maximum atomic E-state index is 16.8. The number of rotatable bonds is 10. The van der Waals surface area contributed by atoms with Crippen molar-refractivity contribution >= 4 is 35.5 Å². The summed E-state index contributed by atoms with van der Waals surface area (Å²) in [6.07, 6.45) is 3.42. The van der Waals surface area contributed by atoms with Crippen LogP contribution in [0.4, 0.5) is 15.3 Å². The average molecular weight is 929 g/mol. The van der Waals surface area contributed by atoms with Gasteiger partial charge in [-0.25, -0.2) is 14.5 Å². The Morgan fingerprint density at radius 2 is 1.46 bits per heavy atom. The van der Waals surface area contributed by atoms with Crippen LogP contribution in [0.5, 0.6) is 5.75 Å². The van der Waals surface area contributed by atoms with Crippen molar-refractivity contribution in [1.82, 2.24) is 20.4 Å². The third-order valence-electron chi connectivity index (χ3n) is 13.9. The molecule has 3 saturated heterocycles. The predicted molar refractivity (Wildman–Crippen MR) is 258 cm³/mol. The first-order valence-corrected chi connectivity index (χ1v) is 23.7. The van der Waals surface area contributed by atoms with Crippen molar-refractivity contribution in [3.63, 3.8) is 0 Å². The predicted octanol–water partition coefficient (Wildman–Crippen LogP) is 7.01. The highest BCUT2D eigenvalue weighted by Gasteiger charge is 2.76. The number of aliphatic hydroxyl groups is 1. The molecule has 4 aliphatic rings. The van der Waals surface area contributed by atoms with Crippen LogP contribution >= 0.6 is 0 Å². The van der Waals surface area contributed by atoms with Crippen LogP contribution < -0.4 is 26.0 Å². The number of amides is 6. The summed E-state index contributed by atoms with van der Waals surface area (Å²) in [5.41, 5.74) is 7.16. The van der Waals surface area contributed by atoms with E-state index in [9.17, 15) is 9.90 Å². The Kier molecular flexibility index (Phi) is 13.8. The quantitative estimate of drug-likeness (QED) is 0.0846. The highest BCUT2D eigenvalue weighted by atomic mass is 16.6. The van der Waals surface area contributed by atoms with Gasteiger partial charge in [0.1, 0.15) is 29.9 Å². The number of carbonyl (C=O) groups is 5. The largest absolute Gasteiger partial charge is 0.491 e. The number of esters is 1. The molecule has 14 nitrogen and oxygen atoms in total. The zero-order valence-electron chi connectivity index (χ0n) is 38.5. The summed E-state index contributed by atoms with van der Waals surface area (Å²) in [6, 6.07) is 35.4. The van der Waals surface area contributed by atoms with Gasteiger partial charge >= 0.3 is 18.0 Å². The van der Waals surface area contributed by atoms with Crippen molar-refractivity contribution in [3.05, 3.63) is 167 Å². The SMILES string of the molecule is C[C@@H](NC(=O)N1C(=O)[C@@]2(c3cc(C#CCNC(N)=O)ccc31)[C@H](C(=O)N1CCCCCCC1)[C@H]1C(=O)O[C@H](c3ccccc3)[C@H](c3ccccc3)N1[C@@H]2c1cccc(OCCO)c1)c1ccccc1.